The quantitative estimate of drug-likeness (QED) is 0.584. The molecule has 0 bridgehead atoms. The summed E-state index contributed by atoms with van der Waals surface area (Å²) in [6, 6.07) is 0. The zero-order valence-corrected chi connectivity index (χ0v) is 10.2. The number of nitrogens with zero attached hydrogens (tertiary/aromatic N) is 2. The molecule has 0 saturated carbocycles. The van der Waals surface area contributed by atoms with Crippen molar-refractivity contribution in [3.05, 3.63) is 11.7 Å². The summed E-state index contributed by atoms with van der Waals surface area (Å²) >= 11 is 0. The molecule has 1 heterocycles. The first-order valence-electron chi connectivity index (χ1n) is 5.48. The maximum absolute atomic E-state index is 11.3. The molecule has 0 unspecified atom stereocenters. The molecule has 17 heavy (non-hydrogen) atoms. The summed E-state index contributed by atoms with van der Waals surface area (Å²) in [5, 5.41) is 9.44. The van der Waals surface area contributed by atoms with E-state index in [1.165, 1.54) is 0 Å². The molecule has 0 fully saturated rings. The molecule has 0 aliphatic heterocycles. The van der Waals surface area contributed by atoms with E-state index in [4.69, 9.17) is 9.26 Å². The van der Waals surface area contributed by atoms with Gasteiger partial charge in [-0.1, -0.05) is 5.16 Å². The summed E-state index contributed by atoms with van der Waals surface area (Å²) < 4.78 is 9.66. The Kier molecular flexibility index (Phi) is 6.19. The highest BCUT2D eigenvalue weighted by Crippen LogP contribution is 1.94. The Hall–Kier alpha value is -1.47. The first kappa shape index (κ1) is 13.6. The van der Waals surface area contributed by atoms with E-state index in [1.54, 1.807) is 14.0 Å². The van der Waals surface area contributed by atoms with Crippen LogP contribution in [0.1, 0.15) is 11.7 Å². The second kappa shape index (κ2) is 7.75. The molecule has 0 saturated heterocycles. The topological polar surface area (TPSA) is 89.3 Å². The standard InChI is InChI=1S/C10H18N4O3/c1-8-13-9(14-17-8)3-4-12-10(15)7-11-5-6-16-2/h11H,3-7H2,1-2H3,(H,12,15). The Bertz CT molecular complexity index is 340. The lowest BCUT2D eigenvalue weighted by atomic mass is 10.4. The van der Waals surface area contributed by atoms with Crippen molar-refractivity contribution in [1.29, 1.82) is 0 Å². The molecule has 0 aliphatic carbocycles. The number of rotatable bonds is 8. The maximum atomic E-state index is 11.3. The van der Waals surface area contributed by atoms with Gasteiger partial charge in [-0.15, -0.1) is 0 Å². The van der Waals surface area contributed by atoms with Gasteiger partial charge in [-0.25, -0.2) is 0 Å². The fraction of sp³-hybridized carbons (Fsp3) is 0.700. The molecule has 1 aromatic heterocycles. The summed E-state index contributed by atoms with van der Waals surface area (Å²) in [5.74, 6) is 1.09. The molecular formula is C10H18N4O3. The zero-order valence-electron chi connectivity index (χ0n) is 10.2. The smallest absolute Gasteiger partial charge is 0.233 e. The normalized spacial score (nSPS) is 10.5. The predicted molar refractivity (Wildman–Crippen MR) is 60.5 cm³/mol. The lowest BCUT2D eigenvalue weighted by molar-refractivity contribution is -0.120. The lowest BCUT2D eigenvalue weighted by Gasteiger charge is -2.04. The highest BCUT2D eigenvalue weighted by molar-refractivity contribution is 5.77. The number of amides is 1. The van der Waals surface area contributed by atoms with E-state index in [9.17, 15) is 4.79 Å². The minimum absolute atomic E-state index is 0.0543. The largest absolute Gasteiger partial charge is 0.383 e. The zero-order chi connectivity index (χ0) is 12.5. The van der Waals surface area contributed by atoms with Crippen LogP contribution < -0.4 is 10.6 Å². The van der Waals surface area contributed by atoms with E-state index in [0.717, 1.165) is 0 Å². The first-order valence-corrected chi connectivity index (χ1v) is 5.48. The van der Waals surface area contributed by atoms with Crippen LogP contribution in [0.5, 0.6) is 0 Å². The van der Waals surface area contributed by atoms with Gasteiger partial charge in [0.15, 0.2) is 5.82 Å². The summed E-state index contributed by atoms with van der Waals surface area (Å²) in [6.07, 6.45) is 0.571. The molecule has 0 radical (unpaired) electrons. The second-order valence-corrected chi connectivity index (χ2v) is 3.50. The number of aromatic nitrogens is 2. The molecular weight excluding hydrogens is 224 g/mol. The van der Waals surface area contributed by atoms with E-state index < -0.39 is 0 Å². The van der Waals surface area contributed by atoms with Crippen molar-refractivity contribution in [3.63, 3.8) is 0 Å². The Morgan fingerprint density at radius 1 is 1.47 bits per heavy atom. The molecule has 0 spiro atoms. The Labute approximate surface area is 99.9 Å². The number of hydrogen-bond donors (Lipinski definition) is 2. The fourth-order valence-corrected chi connectivity index (χ4v) is 1.20. The maximum Gasteiger partial charge on any atom is 0.233 e. The van der Waals surface area contributed by atoms with Crippen molar-refractivity contribution in [1.82, 2.24) is 20.8 Å². The van der Waals surface area contributed by atoms with E-state index in [2.05, 4.69) is 20.8 Å². The van der Waals surface area contributed by atoms with Gasteiger partial charge in [0, 0.05) is 33.5 Å². The third-order valence-electron chi connectivity index (χ3n) is 2.01. The van der Waals surface area contributed by atoms with Crippen LogP contribution in [0.25, 0.3) is 0 Å². The van der Waals surface area contributed by atoms with Crippen LogP contribution >= 0.6 is 0 Å². The number of nitrogens with one attached hydrogen (secondary N) is 2. The van der Waals surface area contributed by atoms with Crippen LogP contribution in [0.3, 0.4) is 0 Å². The Morgan fingerprint density at radius 3 is 2.94 bits per heavy atom. The third-order valence-corrected chi connectivity index (χ3v) is 2.01. The van der Waals surface area contributed by atoms with Crippen LogP contribution in [0.15, 0.2) is 4.52 Å². The number of hydrogen-bond acceptors (Lipinski definition) is 6. The monoisotopic (exact) mass is 242 g/mol. The van der Waals surface area contributed by atoms with E-state index in [0.29, 0.717) is 37.8 Å². The van der Waals surface area contributed by atoms with Crippen LogP contribution in [0.4, 0.5) is 0 Å². The van der Waals surface area contributed by atoms with Gasteiger partial charge in [0.2, 0.25) is 11.8 Å². The van der Waals surface area contributed by atoms with Gasteiger partial charge in [0.25, 0.3) is 0 Å². The molecule has 1 amide bonds. The summed E-state index contributed by atoms with van der Waals surface area (Å²) in [7, 11) is 1.62. The third kappa shape index (κ3) is 5.98. The second-order valence-electron chi connectivity index (χ2n) is 3.50. The van der Waals surface area contributed by atoms with Crippen LogP contribution in [-0.2, 0) is 16.0 Å². The minimum atomic E-state index is -0.0543. The number of carbonyl (C=O) groups is 1. The highest BCUT2D eigenvalue weighted by Gasteiger charge is 2.03. The van der Waals surface area contributed by atoms with Gasteiger partial charge in [0.05, 0.1) is 13.2 Å². The van der Waals surface area contributed by atoms with Crippen molar-refractivity contribution in [2.45, 2.75) is 13.3 Å². The number of ether oxygens (including phenoxy) is 1. The lowest BCUT2D eigenvalue weighted by Crippen LogP contribution is -2.36. The number of carbonyl (C=O) groups excluding carboxylic acids is 1. The van der Waals surface area contributed by atoms with Crippen LogP contribution in [-0.4, -0.2) is 49.4 Å². The van der Waals surface area contributed by atoms with Crippen molar-refractivity contribution < 1.29 is 14.1 Å². The van der Waals surface area contributed by atoms with Gasteiger partial charge >= 0.3 is 0 Å². The molecule has 0 aromatic carbocycles. The van der Waals surface area contributed by atoms with Gasteiger partial charge in [-0.05, 0) is 0 Å². The fourth-order valence-electron chi connectivity index (χ4n) is 1.20. The minimum Gasteiger partial charge on any atom is -0.383 e. The SMILES string of the molecule is COCCNCC(=O)NCCc1noc(C)n1. The van der Waals surface area contributed by atoms with E-state index >= 15 is 0 Å². The molecule has 7 heteroatoms. The molecule has 96 valence electrons. The van der Waals surface area contributed by atoms with Gasteiger partial charge in [0.1, 0.15) is 0 Å². The molecule has 2 N–H and O–H groups in total. The van der Waals surface area contributed by atoms with Gasteiger partial charge in [-0.3, -0.25) is 4.79 Å². The average molecular weight is 242 g/mol. The molecule has 1 rings (SSSR count). The van der Waals surface area contributed by atoms with E-state index in [-0.39, 0.29) is 12.5 Å². The average Bonchev–Trinajstić information content (AvgIpc) is 2.71. The van der Waals surface area contributed by atoms with Crippen molar-refractivity contribution >= 4 is 5.91 Å². The summed E-state index contributed by atoms with van der Waals surface area (Å²) in [5.41, 5.74) is 0. The van der Waals surface area contributed by atoms with Crippen molar-refractivity contribution in [2.75, 3.05) is 33.4 Å². The van der Waals surface area contributed by atoms with Gasteiger partial charge < -0.3 is 19.9 Å². The van der Waals surface area contributed by atoms with Crippen LogP contribution in [0, 0.1) is 6.92 Å². The molecule has 7 nitrogen and oxygen atoms in total. The summed E-state index contributed by atoms with van der Waals surface area (Å²) in [6.45, 7) is 3.77. The Morgan fingerprint density at radius 2 is 2.29 bits per heavy atom. The van der Waals surface area contributed by atoms with Crippen LogP contribution in [0.2, 0.25) is 0 Å². The number of methoxy groups -OCH3 is 1. The predicted octanol–water partition coefficient (Wildman–Crippen LogP) is -0.727. The summed E-state index contributed by atoms with van der Waals surface area (Å²) in [4.78, 5) is 15.4. The molecule has 1 aromatic rings. The highest BCUT2D eigenvalue weighted by atomic mass is 16.5. The Balaban J connectivity index is 2.04. The van der Waals surface area contributed by atoms with Crippen molar-refractivity contribution in [2.24, 2.45) is 0 Å². The van der Waals surface area contributed by atoms with Gasteiger partial charge in [-0.2, -0.15) is 4.98 Å². The first-order chi connectivity index (χ1) is 8.22. The molecule has 0 aliphatic rings. The number of aryl methyl sites for hydroxylation is 1. The molecule has 0 atom stereocenters. The van der Waals surface area contributed by atoms with Crippen molar-refractivity contribution in [3.8, 4) is 0 Å². The van der Waals surface area contributed by atoms with E-state index in [1.807, 2.05) is 0 Å².